The minimum absolute atomic E-state index is 0.426. The van der Waals surface area contributed by atoms with Crippen LogP contribution in [-0.4, -0.2) is 16.1 Å². The summed E-state index contributed by atoms with van der Waals surface area (Å²) in [5.41, 5.74) is 3.03. The summed E-state index contributed by atoms with van der Waals surface area (Å²) >= 11 is 0. The van der Waals surface area contributed by atoms with Crippen LogP contribution in [0.2, 0.25) is 0 Å². The van der Waals surface area contributed by atoms with Crippen molar-refractivity contribution in [1.82, 2.24) is 9.97 Å². The van der Waals surface area contributed by atoms with Gasteiger partial charge in [-0.05, 0) is 62.1 Å². The minimum Gasteiger partial charge on any atom is -0.394 e. The van der Waals surface area contributed by atoms with E-state index in [1.165, 1.54) is 51.4 Å². The van der Waals surface area contributed by atoms with E-state index in [2.05, 4.69) is 26.0 Å². The molecule has 2 heterocycles. The van der Waals surface area contributed by atoms with Crippen molar-refractivity contribution in [2.45, 2.75) is 90.9 Å². The SMILES string of the molecule is CCCCCCCC=Cc1cc(OC(=O)Oc2cc(C=CCCCCCCC)nc3ccccc23)c2ccccc2n1. The maximum atomic E-state index is 13.1. The molecule has 2 aromatic heterocycles. The number of para-hydroxylation sites is 2. The molecule has 0 aliphatic heterocycles. The molecule has 0 unspecified atom stereocenters. The second-order valence-corrected chi connectivity index (χ2v) is 10.8. The molecule has 5 heteroatoms. The second kappa shape index (κ2) is 17.1. The number of benzene rings is 2. The molecule has 0 aliphatic carbocycles. The molecule has 0 bridgehead atoms. The highest BCUT2D eigenvalue weighted by Gasteiger charge is 2.15. The number of aromatic nitrogens is 2. The van der Waals surface area contributed by atoms with Gasteiger partial charge >= 0.3 is 6.16 Å². The maximum absolute atomic E-state index is 13.1. The van der Waals surface area contributed by atoms with Crippen LogP contribution in [0, 0.1) is 0 Å². The number of ether oxygens (including phenoxy) is 2. The smallest absolute Gasteiger partial charge is 0.394 e. The van der Waals surface area contributed by atoms with E-state index in [4.69, 9.17) is 19.4 Å². The van der Waals surface area contributed by atoms with Crippen molar-refractivity contribution in [3.8, 4) is 11.5 Å². The molecule has 0 aliphatic rings. The number of hydrogen-bond acceptors (Lipinski definition) is 5. The summed E-state index contributed by atoms with van der Waals surface area (Å²) in [4.78, 5) is 22.6. The number of pyridine rings is 2. The normalized spacial score (nSPS) is 11.7. The van der Waals surface area contributed by atoms with Gasteiger partial charge in [0.25, 0.3) is 0 Å². The summed E-state index contributed by atoms with van der Waals surface area (Å²) in [5.74, 6) is 0.851. The van der Waals surface area contributed by atoms with Gasteiger partial charge in [-0.3, -0.25) is 0 Å². The lowest BCUT2D eigenvalue weighted by Gasteiger charge is -2.11. The number of hydrogen-bond donors (Lipinski definition) is 0. The van der Waals surface area contributed by atoms with Crippen molar-refractivity contribution < 1.29 is 14.3 Å². The average Bonchev–Trinajstić information content (AvgIpc) is 3.00. The van der Waals surface area contributed by atoms with Gasteiger partial charge < -0.3 is 9.47 Å². The first-order chi connectivity index (χ1) is 20.7. The Morgan fingerprint density at radius 2 is 1.05 bits per heavy atom. The van der Waals surface area contributed by atoms with Crippen LogP contribution >= 0.6 is 0 Å². The Hall–Kier alpha value is -3.99. The van der Waals surface area contributed by atoms with E-state index < -0.39 is 6.16 Å². The summed E-state index contributed by atoms with van der Waals surface area (Å²) in [6, 6.07) is 18.9. The monoisotopic (exact) mass is 564 g/mol. The van der Waals surface area contributed by atoms with E-state index in [1.807, 2.05) is 60.7 Å². The fraction of sp³-hybridized carbons (Fsp3) is 0.378. The highest BCUT2D eigenvalue weighted by atomic mass is 16.7. The Kier molecular flexibility index (Phi) is 12.6. The van der Waals surface area contributed by atoms with E-state index >= 15 is 0 Å². The summed E-state index contributed by atoms with van der Waals surface area (Å²) in [6.45, 7) is 4.46. The highest BCUT2D eigenvalue weighted by molar-refractivity contribution is 5.90. The van der Waals surface area contributed by atoms with Crippen molar-refractivity contribution in [3.05, 3.63) is 84.2 Å². The molecule has 4 rings (SSSR count). The van der Waals surface area contributed by atoms with E-state index in [0.29, 0.717) is 11.5 Å². The Balaban J connectivity index is 1.47. The molecule has 0 saturated heterocycles. The van der Waals surface area contributed by atoms with Gasteiger partial charge in [0, 0.05) is 22.9 Å². The van der Waals surface area contributed by atoms with Gasteiger partial charge in [-0.15, -0.1) is 0 Å². The van der Waals surface area contributed by atoms with Crippen LogP contribution in [-0.2, 0) is 0 Å². The van der Waals surface area contributed by atoms with Crippen LogP contribution in [0.3, 0.4) is 0 Å². The Bertz CT molecular complexity index is 1380. The van der Waals surface area contributed by atoms with Crippen molar-refractivity contribution >= 4 is 40.1 Å². The zero-order valence-corrected chi connectivity index (χ0v) is 25.2. The van der Waals surface area contributed by atoms with Crippen LogP contribution < -0.4 is 9.47 Å². The predicted octanol–water partition coefficient (Wildman–Crippen LogP) is 11.1. The van der Waals surface area contributed by atoms with Gasteiger partial charge in [0.05, 0.1) is 22.4 Å². The van der Waals surface area contributed by atoms with Gasteiger partial charge in [0.1, 0.15) is 11.5 Å². The molecular weight excluding hydrogens is 520 g/mol. The molecule has 0 fully saturated rings. The number of carbonyl (C=O) groups excluding carboxylic acids is 1. The fourth-order valence-electron chi connectivity index (χ4n) is 5.01. The van der Waals surface area contributed by atoms with E-state index in [1.54, 1.807) is 12.1 Å². The van der Waals surface area contributed by atoms with Crippen LogP contribution in [0.1, 0.15) is 102 Å². The summed E-state index contributed by atoms with van der Waals surface area (Å²) in [5, 5.41) is 1.52. The third kappa shape index (κ3) is 9.54. The van der Waals surface area contributed by atoms with Crippen molar-refractivity contribution in [2.24, 2.45) is 0 Å². The van der Waals surface area contributed by atoms with Crippen molar-refractivity contribution in [1.29, 1.82) is 0 Å². The average molecular weight is 565 g/mol. The molecule has 5 nitrogen and oxygen atoms in total. The third-order valence-corrected chi connectivity index (χ3v) is 7.31. The van der Waals surface area contributed by atoms with Gasteiger partial charge in [-0.1, -0.05) is 102 Å². The fourth-order valence-corrected chi connectivity index (χ4v) is 5.01. The largest absolute Gasteiger partial charge is 0.519 e. The first-order valence-electron chi connectivity index (χ1n) is 15.7. The predicted molar refractivity (Wildman–Crippen MR) is 175 cm³/mol. The van der Waals surface area contributed by atoms with Crippen molar-refractivity contribution in [2.75, 3.05) is 0 Å². The van der Waals surface area contributed by atoms with Crippen LogP contribution in [0.15, 0.2) is 72.8 Å². The molecule has 2 aromatic carbocycles. The first-order valence-corrected chi connectivity index (χ1v) is 15.7. The molecule has 0 saturated carbocycles. The Morgan fingerprint density at radius 3 is 1.50 bits per heavy atom. The first kappa shape index (κ1) is 31.0. The van der Waals surface area contributed by atoms with Crippen molar-refractivity contribution in [3.63, 3.8) is 0 Å². The van der Waals surface area contributed by atoms with Crippen LogP contribution in [0.25, 0.3) is 34.0 Å². The quantitative estimate of drug-likeness (QED) is 0.100. The Morgan fingerprint density at radius 1 is 0.619 bits per heavy atom. The van der Waals surface area contributed by atoms with Crippen LogP contribution in [0.4, 0.5) is 4.79 Å². The van der Waals surface area contributed by atoms with E-state index in [0.717, 1.165) is 58.9 Å². The molecule has 0 atom stereocenters. The zero-order chi connectivity index (χ0) is 29.4. The maximum Gasteiger partial charge on any atom is 0.519 e. The topological polar surface area (TPSA) is 61.3 Å². The van der Waals surface area contributed by atoms with Gasteiger partial charge in [0.15, 0.2) is 0 Å². The number of fused-ring (bicyclic) bond motifs is 2. The highest BCUT2D eigenvalue weighted by Crippen LogP contribution is 2.29. The van der Waals surface area contributed by atoms with Gasteiger partial charge in [0.2, 0.25) is 0 Å². The van der Waals surface area contributed by atoms with E-state index in [9.17, 15) is 4.79 Å². The number of nitrogens with zero attached hydrogens (tertiary/aromatic N) is 2. The second-order valence-electron chi connectivity index (χ2n) is 10.8. The van der Waals surface area contributed by atoms with E-state index in [-0.39, 0.29) is 0 Å². The lowest BCUT2D eigenvalue weighted by molar-refractivity contribution is 0.153. The summed E-state index contributed by atoms with van der Waals surface area (Å²) in [7, 11) is 0. The number of rotatable bonds is 16. The number of unbranched alkanes of at least 4 members (excludes halogenated alkanes) is 10. The molecule has 42 heavy (non-hydrogen) atoms. The summed E-state index contributed by atoms with van der Waals surface area (Å²) < 4.78 is 11.6. The molecule has 0 N–H and O–H groups in total. The van der Waals surface area contributed by atoms with Gasteiger partial charge in [-0.2, -0.15) is 0 Å². The number of allylic oxidation sites excluding steroid dienone is 2. The lowest BCUT2D eigenvalue weighted by atomic mass is 10.1. The third-order valence-electron chi connectivity index (χ3n) is 7.31. The molecule has 0 radical (unpaired) electrons. The molecule has 4 aromatic rings. The molecule has 0 amide bonds. The Labute approximate surface area is 250 Å². The molecular formula is C37H44N2O3. The number of carbonyl (C=O) groups is 1. The standard InChI is InChI=1S/C37H44N2O3/c1-3-5-7-9-11-13-15-21-29-27-35(31-23-17-19-25-33(31)38-29)41-37(40)42-36-28-30(22-16-14-12-10-8-6-4-2)39-34-26-20-18-24-32(34)36/h15-28H,3-14H2,1-2H3. The van der Waals surface area contributed by atoms with Crippen LogP contribution in [0.5, 0.6) is 11.5 Å². The van der Waals surface area contributed by atoms with Gasteiger partial charge in [-0.25, -0.2) is 14.8 Å². The zero-order valence-electron chi connectivity index (χ0n) is 25.2. The minimum atomic E-state index is -0.792. The lowest BCUT2D eigenvalue weighted by Crippen LogP contribution is -2.14. The summed E-state index contributed by atoms with van der Waals surface area (Å²) in [6.07, 6.45) is 22.0. The molecule has 0 spiro atoms. The molecule has 220 valence electrons.